The Balaban J connectivity index is 1.98. The van der Waals surface area contributed by atoms with Crippen LogP contribution in [0.1, 0.15) is 29.7 Å². The molecule has 0 radical (unpaired) electrons. The van der Waals surface area contributed by atoms with Gasteiger partial charge in [-0.3, -0.25) is 4.98 Å². The van der Waals surface area contributed by atoms with E-state index < -0.39 is 0 Å². The first-order valence-electron chi connectivity index (χ1n) is 6.05. The molecular formula is C15H17IN2. The highest BCUT2D eigenvalue weighted by atomic mass is 127. The Hall–Kier alpha value is -0.940. The zero-order valence-electron chi connectivity index (χ0n) is 10.7. The fourth-order valence-corrected chi connectivity index (χ4v) is 2.17. The van der Waals surface area contributed by atoms with Crippen LogP contribution in [0, 0.1) is 10.5 Å². The second-order valence-electron chi connectivity index (χ2n) is 4.46. The van der Waals surface area contributed by atoms with Gasteiger partial charge in [0.1, 0.15) is 0 Å². The highest BCUT2D eigenvalue weighted by Gasteiger charge is 2.05. The molecule has 0 aliphatic heterocycles. The van der Waals surface area contributed by atoms with E-state index in [9.17, 15) is 0 Å². The number of aromatic nitrogens is 1. The number of rotatable bonds is 4. The average molecular weight is 352 g/mol. The third-order valence-electron chi connectivity index (χ3n) is 3.12. The first-order valence-corrected chi connectivity index (χ1v) is 7.13. The monoisotopic (exact) mass is 352 g/mol. The van der Waals surface area contributed by atoms with Gasteiger partial charge in [-0.1, -0.05) is 12.1 Å². The number of pyridine rings is 1. The largest absolute Gasteiger partial charge is 0.306 e. The number of aryl methyl sites for hydroxylation is 1. The summed E-state index contributed by atoms with van der Waals surface area (Å²) < 4.78 is 1.27. The summed E-state index contributed by atoms with van der Waals surface area (Å²) in [6.07, 6.45) is 3.77. The molecule has 3 heteroatoms. The zero-order chi connectivity index (χ0) is 13.0. The van der Waals surface area contributed by atoms with Crippen LogP contribution in [-0.2, 0) is 6.54 Å². The van der Waals surface area contributed by atoms with Crippen molar-refractivity contribution >= 4 is 22.6 Å². The fraction of sp³-hybridized carbons (Fsp3) is 0.267. The van der Waals surface area contributed by atoms with E-state index in [-0.39, 0.29) is 0 Å². The molecule has 1 atom stereocenters. The zero-order valence-corrected chi connectivity index (χ0v) is 12.8. The van der Waals surface area contributed by atoms with Crippen molar-refractivity contribution < 1.29 is 0 Å². The molecule has 1 heterocycles. The molecule has 0 saturated heterocycles. The van der Waals surface area contributed by atoms with E-state index >= 15 is 0 Å². The summed E-state index contributed by atoms with van der Waals surface area (Å²) in [6.45, 7) is 5.16. The van der Waals surface area contributed by atoms with Crippen molar-refractivity contribution in [1.82, 2.24) is 10.3 Å². The Morgan fingerprint density at radius 3 is 2.61 bits per heavy atom. The van der Waals surface area contributed by atoms with E-state index in [0.717, 1.165) is 6.54 Å². The van der Waals surface area contributed by atoms with Gasteiger partial charge in [-0.05, 0) is 71.3 Å². The maximum Gasteiger partial charge on any atom is 0.0315 e. The highest BCUT2D eigenvalue weighted by molar-refractivity contribution is 14.1. The second-order valence-corrected chi connectivity index (χ2v) is 5.70. The van der Waals surface area contributed by atoms with Crippen molar-refractivity contribution in [1.29, 1.82) is 0 Å². The molecule has 1 aromatic carbocycles. The van der Waals surface area contributed by atoms with Crippen LogP contribution in [0.2, 0.25) is 0 Å². The summed E-state index contributed by atoms with van der Waals surface area (Å²) >= 11 is 2.33. The van der Waals surface area contributed by atoms with Crippen molar-refractivity contribution in [3.05, 3.63) is 63.0 Å². The third kappa shape index (κ3) is 3.53. The van der Waals surface area contributed by atoms with E-state index in [1.165, 1.54) is 20.3 Å². The Bertz CT molecular complexity index is 508. The molecule has 0 amide bonds. The molecule has 0 fully saturated rings. The first-order chi connectivity index (χ1) is 8.66. The van der Waals surface area contributed by atoms with E-state index in [1.807, 2.05) is 18.5 Å². The van der Waals surface area contributed by atoms with Gasteiger partial charge in [-0.25, -0.2) is 0 Å². The smallest absolute Gasteiger partial charge is 0.0315 e. The van der Waals surface area contributed by atoms with Crippen LogP contribution < -0.4 is 5.32 Å². The average Bonchev–Trinajstić information content (AvgIpc) is 2.38. The molecule has 1 unspecified atom stereocenters. The lowest BCUT2D eigenvalue weighted by atomic mass is 10.1. The molecule has 94 valence electrons. The van der Waals surface area contributed by atoms with E-state index in [4.69, 9.17) is 0 Å². The summed E-state index contributed by atoms with van der Waals surface area (Å²) in [7, 11) is 0. The molecule has 0 saturated carbocycles. The predicted octanol–water partition coefficient (Wildman–Crippen LogP) is 3.85. The van der Waals surface area contributed by atoms with Crippen molar-refractivity contribution in [2.24, 2.45) is 0 Å². The van der Waals surface area contributed by atoms with Gasteiger partial charge in [0.05, 0.1) is 0 Å². The summed E-state index contributed by atoms with van der Waals surface area (Å²) in [5.74, 6) is 0. The van der Waals surface area contributed by atoms with Crippen molar-refractivity contribution in [2.75, 3.05) is 0 Å². The molecule has 0 aliphatic rings. The van der Waals surface area contributed by atoms with Crippen LogP contribution in [0.15, 0.2) is 42.7 Å². The van der Waals surface area contributed by atoms with Gasteiger partial charge in [0.15, 0.2) is 0 Å². The lowest BCUT2D eigenvalue weighted by Crippen LogP contribution is -2.18. The lowest BCUT2D eigenvalue weighted by molar-refractivity contribution is 0.572. The Morgan fingerprint density at radius 2 is 1.94 bits per heavy atom. The molecule has 0 aliphatic carbocycles. The summed E-state index contributed by atoms with van der Waals surface area (Å²) in [6, 6.07) is 11.0. The Morgan fingerprint density at radius 1 is 1.22 bits per heavy atom. The van der Waals surface area contributed by atoms with Crippen molar-refractivity contribution in [3.8, 4) is 0 Å². The topological polar surface area (TPSA) is 24.9 Å². The molecule has 0 spiro atoms. The maximum atomic E-state index is 4.17. The molecule has 2 nitrogen and oxygen atoms in total. The first kappa shape index (κ1) is 13.5. The second kappa shape index (κ2) is 6.29. The van der Waals surface area contributed by atoms with Gasteiger partial charge in [0.2, 0.25) is 0 Å². The van der Waals surface area contributed by atoms with Crippen LogP contribution in [0.3, 0.4) is 0 Å². The minimum Gasteiger partial charge on any atom is -0.306 e. The fourth-order valence-electron chi connectivity index (χ4n) is 1.81. The quantitative estimate of drug-likeness (QED) is 0.846. The SMILES string of the molecule is Cc1ccncc1CNC(C)c1ccc(I)cc1. The minimum atomic E-state index is 0.349. The van der Waals surface area contributed by atoms with Gasteiger partial charge in [-0.15, -0.1) is 0 Å². The Kier molecular flexibility index (Phi) is 4.72. The summed E-state index contributed by atoms with van der Waals surface area (Å²) in [5.41, 5.74) is 3.86. The molecule has 1 aromatic heterocycles. The van der Waals surface area contributed by atoms with Crippen molar-refractivity contribution in [2.45, 2.75) is 26.4 Å². The van der Waals surface area contributed by atoms with E-state index in [0.29, 0.717) is 6.04 Å². The molecule has 0 bridgehead atoms. The van der Waals surface area contributed by atoms with Gasteiger partial charge in [0, 0.05) is 28.6 Å². The molecule has 2 rings (SSSR count). The highest BCUT2D eigenvalue weighted by Crippen LogP contribution is 2.15. The number of nitrogens with zero attached hydrogens (tertiary/aromatic N) is 1. The van der Waals surface area contributed by atoms with Crippen molar-refractivity contribution in [3.63, 3.8) is 0 Å². The third-order valence-corrected chi connectivity index (χ3v) is 3.84. The van der Waals surface area contributed by atoms with Crippen LogP contribution in [0.25, 0.3) is 0 Å². The normalized spacial score (nSPS) is 12.4. The molecule has 2 aromatic rings. The standard InChI is InChI=1S/C15H17IN2/c1-11-7-8-17-9-14(11)10-18-12(2)13-3-5-15(16)6-4-13/h3-9,12,18H,10H2,1-2H3. The minimum absolute atomic E-state index is 0.349. The van der Waals surface area contributed by atoms with Gasteiger partial charge < -0.3 is 5.32 Å². The molecular weight excluding hydrogens is 335 g/mol. The maximum absolute atomic E-state index is 4.17. The van der Waals surface area contributed by atoms with Crippen LogP contribution in [0.4, 0.5) is 0 Å². The number of hydrogen-bond acceptors (Lipinski definition) is 2. The van der Waals surface area contributed by atoms with Crippen LogP contribution >= 0.6 is 22.6 Å². The molecule has 18 heavy (non-hydrogen) atoms. The van der Waals surface area contributed by atoms with E-state index in [1.54, 1.807) is 0 Å². The number of nitrogens with one attached hydrogen (secondary N) is 1. The molecule has 1 N–H and O–H groups in total. The summed E-state index contributed by atoms with van der Waals surface area (Å²) in [4.78, 5) is 4.17. The van der Waals surface area contributed by atoms with Crippen LogP contribution in [-0.4, -0.2) is 4.98 Å². The number of hydrogen-bond donors (Lipinski definition) is 1. The number of halogens is 1. The Labute approximate surface area is 122 Å². The van der Waals surface area contributed by atoms with E-state index in [2.05, 4.69) is 71.0 Å². The van der Waals surface area contributed by atoms with Crippen LogP contribution in [0.5, 0.6) is 0 Å². The van der Waals surface area contributed by atoms with Gasteiger partial charge >= 0.3 is 0 Å². The van der Waals surface area contributed by atoms with Gasteiger partial charge in [0.25, 0.3) is 0 Å². The predicted molar refractivity (Wildman–Crippen MR) is 83.4 cm³/mol. The number of benzene rings is 1. The lowest BCUT2D eigenvalue weighted by Gasteiger charge is -2.15. The van der Waals surface area contributed by atoms with Gasteiger partial charge in [-0.2, -0.15) is 0 Å². The summed E-state index contributed by atoms with van der Waals surface area (Å²) in [5, 5.41) is 3.53.